The predicted octanol–water partition coefficient (Wildman–Crippen LogP) is -3.20. The molecular formula is C5H10N3O2S2+. The topological polar surface area (TPSA) is 86.2 Å². The second-order valence-electron chi connectivity index (χ2n) is 2.96. The highest BCUT2D eigenvalue weighted by Crippen LogP contribution is 2.24. The molecular weight excluding hydrogens is 198 g/mol. The van der Waals surface area contributed by atoms with Crippen LogP contribution in [0, 0.1) is 0 Å². The van der Waals surface area contributed by atoms with Crippen LogP contribution in [0.2, 0.25) is 0 Å². The molecule has 2 aliphatic rings. The average Bonchev–Trinajstić information content (AvgIpc) is 2.40. The first-order valence-electron chi connectivity index (χ1n) is 3.58. The molecule has 0 amide bonds. The van der Waals surface area contributed by atoms with Gasteiger partial charge in [-0.1, -0.05) is 0 Å². The molecule has 0 aromatic heterocycles. The molecule has 0 aromatic carbocycles. The van der Waals surface area contributed by atoms with Crippen molar-refractivity contribution in [1.82, 2.24) is 5.43 Å². The second kappa shape index (κ2) is 2.61. The second-order valence-corrected chi connectivity index (χ2v) is 6.36. The molecule has 12 heavy (non-hydrogen) atoms. The van der Waals surface area contributed by atoms with Gasteiger partial charge in [-0.2, -0.15) is 11.3 Å². The fourth-order valence-corrected chi connectivity index (χ4v) is 5.16. The standard InChI is InChI=1S/C5H9N3O2S2/c6-8-5-7-3-1-12(9,10)2-4(3)11-5/h3-4H,1-2,6H2,(H,7,8)/p+1. The summed E-state index contributed by atoms with van der Waals surface area (Å²) in [4.78, 5) is 3.02. The third kappa shape index (κ3) is 1.32. The summed E-state index contributed by atoms with van der Waals surface area (Å²) in [6.45, 7) is 0. The van der Waals surface area contributed by atoms with Crippen LogP contribution in [0.1, 0.15) is 0 Å². The van der Waals surface area contributed by atoms with Gasteiger partial charge < -0.3 is 0 Å². The van der Waals surface area contributed by atoms with Gasteiger partial charge in [0.05, 0.1) is 16.8 Å². The molecule has 0 spiro atoms. The third-order valence-electron chi connectivity index (χ3n) is 2.02. The summed E-state index contributed by atoms with van der Waals surface area (Å²) in [6, 6.07) is 0.0473. The Morgan fingerprint density at radius 3 is 2.92 bits per heavy atom. The van der Waals surface area contributed by atoms with Crippen molar-refractivity contribution in [2.75, 3.05) is 11.5 Å². The molecule has 0 radical (unpaired) electrons. The molecule has 2 rings (SSSR count). The molecule has 2 aliphatic heterocycles. The summed E-state index contributed by atoms with van der Waals surface area (Å²) in [6.07, 6.45) is 0. The molecule has 7 heteroatoms. The van der Waals surface area contributed by atoms with E-state index >= 15 is 0 Å². The highest BCUT2D eigenvalue weighted by molar-refractivity contribution is 8.15. The van der Waals surface area contributed by atoms with E-state index in [0.717, 1.165) is 5.17 Å². The maximum atomic E-state index is 11.1. The first kappa shape index (κ1) is 8.33. The van der Waals surface area contributed by atoms with Gasteiger partial charge in [0.15, 0.2) is 9.84 Å². The van der Waals surface area contributed by atoms with E-state index in [-0.39, 0.29) is 22.8 Å². The molecule has 0 saturated carbocycles. The minimum atomic E-state index is -2.80. The number of nitrogens with two attached hydrogens (primary N) is 1. The third-order valence-corrected chi connectivity index (χ3v) is 5.23. The van der Waals surface area contributed by atoms with Gasteiger partial charge in [-0.3, -0.25) is 4.99 Å². The zero-order valence-corrected chi connectivity index (χ0v) is 7.91. The van der Waals surface area contributed by atoms with Crippen LogP contribution in [0.4, 0.5) is 0 Å². The van der Waals surface area contributed by atoms with E-state index in [9.17, 15) is 8.42 Å². The van der Waals surface area contributed by atoms with Crippen molar-refractivity contribution in [3.63, 3.8) is 0 Å². The first-order chi connectivity index (χ1) is 5.61. The lowest BCUT2D eigenvalue weighted by molar-refractivity contribution is -0.489. The summed E-state index contributed by atoms with van der Waals surface area (Å²) in [5, 5.41) is 0.918. The van der Waals surface area contributed by atoms with Gasteiger partial charge in [-0.05, 0) is 11.8 Å². The fourth-order valence-electron chi connectivity index (χ4n) is 1.50. The molecule has 4 N–H and O–H groups in total. The number of nitrogens with one attached hydrogen (secondary N) is 2. The molecule has 5 nitrogen and oxygen atoms in total. The zero-order chi connectivity index (χ0) is 8.77. The van der Waals surface area contributed by atoms with Crippen LogP contribution in [-0.4, -0.2) is 36.4 Å². The van der Waals surface area contributed by atoms with Crippen LogP contribution >= 0.6 is 11.8 Å². The number of hydrazine groups is 1. The van der Waals surface area contributed by atoms with Gasteiger partial charge in [-0.25, -0.2) is 8.42 Å². The number of fused-ring (bicyclic) bond motifs is 1. The van der Waals surface area contributed by atoms with Crippen molar-refractivity contribution in [1.29, 1.82) is 0 Å². The normalized spacial score (nSPS) is 37.6. The SMILES string of the molecule is NNC1=[NH+]C2CS(=O)(=O)CC2S1. The summed E-state index contributed by atoms with van der Waals surface area (Å²) in [7, 11) is -2.80. The van der Waals surface area contributed by atoms with Gasteiger partial charge in [0.1, 0.15) is 6.04 Å². The van der Waals surface area contributed by atoms with Gasteiger partial charge >= 0.3 is 5.17 Å². The number of rotatable bonds is 0. The highest BCUT2D eigenvalue weighted by Gasteiger charge is 2.45. The molecule has 68 valence electrons. The predicted molar refractivity (Wildman–Crippen MR) is 47.1 cm³/mol. The highest BCUT2D eigenvalue weighted by atomic mass is 32.2. The van der Waals surface area contributed by atoms with Crippen molar-refractivity contribution in [2.45, 2.75) is 11.3 Å². The Morgan fingerprint density at radius 2 is 2.33 bits per heavy atom. The number of hydrogen-bond acceptors (Lipinski definition) is 5. The molecule has 0 aliphatic carbocycles. The van der Waals surface area contributed by atoms with Gasteiger partial charge in [-0.15, -0.1) is 0 Å². The van der Waals surface area contributed by atoms with Crippen LogP contribution in [-0.2, 0) is 9.84 Å². The van der Waals surface area contributed by atoms with E-state index in [4.69, 9.17) is 5.84 Å². The maximum absolute atomic E-state index is 11.1. The zero-order valence-electron chi connectivity index (χ0n) is 6.28. The lowest BCUT2D eigenvalue weighted by Gasteiger charge is -1.96. The van der Waals surface area contributed by atoms with Crippen LogP contribution < -0.4 is 16.3 Å². The minimum Gasteiger partial charge on any atom is -0.263 e. The Labute approximate surface area is 74.7 Å². The molecule has 2 atom stereocenters. The van der Waals surface area contributed by atoms with E-state index in [2.05, 4.69) is 10.4 Å². The van der Waals surface area contributed by atoms with Gasteiger partial charge in [0, 0.05) is 0 Å². The first-order valence-corrected chi connectivity index (χ1v) is 6.28. The maximum Gasteiger partial charge on any atom is 0.322 e. The molecule has 2 unspecified atom stereocenters. The summed E-state index contributed by atoms with van der Waals surface area (Å²) in [5.74, 6) is 5.68. The van der Waals surface area contributed by atoms with E-state index < -0.39 is 9.84 Å². The Morgan fingerprint density at radius 1 is 1.58 bits per heavy atom. The van der Waals surface area contributed by atoms with Crippen LogP contribution in [0.5, 0.6) is 0 Å². The summed E-state index contributed by atoms with van der Waals surface area (Å²) < 4.78 is 22.2. The van der Waals surface area contributed by atoms with Crippen LogP contribution in [0.25, 0.3) is 0 Å². The summed E-state index contributed by atoms with van der Waals surface area (Å²) in [5.41, 5.74) is 2.49. The van der Waals surface area contributed by atoms with E-state index in [1.807, 2.05) is 0 Å². The molecule has 0 aromatic rings. The van der Waals surface area contributed by atoms with Crippen molar-refractivity contribution in [2.24, 2.45) is 5.84 Å². The summed E-state index contributed by atoms with van der Waals surface area (Å²) >= 11 is 1.47. The van der Waals surface area contributed by atoms with Gasteiger partial charge in [0.2, 0.25) is 0 Å². The lowest BCUT2D eigenvalue weighted by atomic mass is 10.3. The smallest absolute Gasteiger partial charge is 0.263 e. The number of hydrogen-bond donors (Lipinski definition) is 3. The Hall–Kier alpha value is -0.270. The number of amidine groups is 1. The average molecular weight is 208 g/mol. The van der Waals surface area contributed by atoms with E-state index in [1.165, 1.54) is 11.8 Å². The van der Waals surface area contributed by atoms with Crippen molar-refractivity contribution in [3.8, 4) is 0 Å². The Kier molecular flexibility index (Phi) is 1.81. The van der Waals surface area contributed by atoms with Crippen molar-refractivity contribution in [3.05, 3.63) is 0 Å². The van der Waals surface area contributed by atoms with Crippen molar-refractivity contribution >= 4 is 26.8 Å². The quantitative estimate of drug-likeness (QED) is 0.288. The molecule has 2 heterocycles. The largest absolute Gasteiger partial charge is 0.322 e. The molecule has 1 saturated heterocycles. The van der Waals surface area contributed by atoms with Crippen LogP contribution in [0.3, 0.4) is 0 Å². The Bertz CT molecular complexity index is 324. The fraction of sp³-hybridized carbons (Fsp3) is 0.800. The van der Waals surface area contributed by atoms with Crippen LogP contribution in [0.15, 0.2) is 0 Å². The Balaban J connectivity index is 2.18. The number of sulfone groups is 1. The molecule has 1 fully saturated rings. The monoisotopic (exact) mass is 208 g/mol. The minimum absolute atomic E-state index is 0.0473. The van der Waals surface area contributed by atoms with Gasteiger partial charge in [0.25, 0.3) is 0 Å². The van der Waals surface area contributed by atoms with Crippen molar-refractivity contribution < 1.29 is 13.4 Å². The lowest BCUT2D eigenvalue weighted by Crippen LogP contribution is -2.80. The number of thioether (sulfide) groups is 1. The van der Waals surface area contributed by atoms with E-state index in [1.54, 1.807) is 0 Å². The van der Waals surface area contributed by atoms with E-state index in [0.29, 0.717) is 0 Å². The molecule has 0 bridgehead atoms.